The first-order valence-corrected chi connectivity index (χ1v) is 9.70. The van der Waals surface area contributed by atoms with Crippen LogP contribution in [0.3, 0.4) is 0 Å². The van der Waals surface area contributed by atoms with Crippen LogP contribution in [-0.2, 0) is 21.3 Å². The van der Waals surface area contributed by atoms with Crippen molar-refractivity contribution in [1.29, 1.82) is 0 Å². The molecule has 1 aromatic heterocycles. The Morgan fingerprint density at radius 2 is 2.19 bits per heavy atom. The number of alkyl halides is 1. The molecule has 21 heavy (non-hydrogen) atoms. The summed E-state index contributed by atoms with van der Waals surface area (Å²) in [5, 5.41) is 0.753. The van der Waals surface area contributed by atoms with Gasteiger partial charge >= 0.3 is 0 Å². The van der Waals surface area contributed by atoms with Crippen molar-refractivity contribution in [2.75, 3.05) is 18.4 Å². The predicted octanol–water partition coefficient (Wildman–Crippen LogP) is 1.77. The van der Waals surface area contributed by atoms with E-state index in [9.17, 15) is 8.42 Å². The van der Waals surface area contributed by atoms with E-state index >= 15 is 0 Å². The summed E-state index contributed by atoms with van der Waals surface area (Å²) in [5.41, 5.74) is 0. The first-order chi connectivity index (χ1) is 9.88. The van der Waals surface area contributed by atoms with Crippen LogP contribution in [0.25, 0.3) is 0 Å². The standard InChI is InChI=1S/C13H22BrN3O3S/c1-4-5-16-9-13(15-11(16)3)21(18,19)17-7-10(2)20-12(6-14)8-17/h9-10,12H,4-8H2,1-3H3. The fraction of sp³-hybridized carbons (Fsp3) is 0.769. The Labute approximate surface area is 134 Å². The van der Waals surface area contributed by atoms with Crippen LogP contribution in [0.2, 0.25) is 0 Å². The topological polar surface area (TPSA) is 64.4 Å². The molecule has 0 aromatic carbocycles. The van der Waals surface area contributed by atoms with E-state index in [0.29, 0.717) is 18.4 Å². The van der Waals surface area contributed by atoms with Gasteiger partial charge in [0, 0.05) is 31.2 Å². The highest BCUT2D eigenvalue weighted by Crippen LogP contribution is 2.21. The maximum Gasteiger partial charge on any atom is 0.262 e. The van der Waals surface area contributed by atoms with Crippen LogP contribution in [0.1, 0.15) is 26.1 Å². The molecule has 1 aromatic rings. The Balaban J connectivity index is 2.26. The maximum absolute atomic E-state index is 12.7. The predicted molar refractivity (Wildman–Crippen MR) is 84.1 cm³/mol. The first kappa shape index (κ1) is 16.9. The first-order valence-electron chi connectivity index (χ1n) is 7.13. The van der Waals surface area contributed by atoms with Gasteiger partial charge in [0.25, 0.3) is 10.0 Å². The molecule has 1 aliphatic heterocycles. The number of hydrogen-bond acceptors (Lipinski definition) is 4. The molecular formula is C13H22BrN3O3S. The fourth-order valence-electron chi connectivity index (χ4n) is 2.49. The molecule has 2 heterocycles. The molecule has 0 aliphatic carbocycles. The van der Waals surface area contributed by atoms with Crippen molar-refractivity contribution in [3.63, 3.8) is 0 Å². The molecule has 0 N–H and O–H groups in total. The van der Waals surface area contributed by atoms with Gasteiger partial charge in [0.2, 0.25) is 0 Å². The summed E-state index contributed by atoms with van der Waals surface area (Å²) >= 11 is 3.36. The second-order valence-electron chi connectivity index (χ2n) is 5.36. The fourth-order valence-corrected chi connectivity index (χ4v) is 4.39. The highest BCUT2D eigenvalue weighted by Gasteiger charge is 2.35. The second kappa shape index (κ2) is 6.76. The number of rotatable bonds is 5. The number of sulfonamides is 1. The maximum atomic E-state index is 12.7. The molecule has 2 atom stereocenters. The lowest BCUT2D eigenvalue weighted by Gasteiger charge is -2.34. The van der Waals surface area contributed by atoms with Gasteiger partial charge < -0.3 is 9.30 Å². The molecule has 0 spiro atoms. The summed E-state index contributed by atoms with van der Waals surface area (Å²) in [5.74, 6) is 0.730. The van der Waals surface area contributed by atoms with Crippen molar-refractivity contribution in [1.82, 2.24) is 13.9 Å². The molecule has 0 bridgehead atoms. The molecule has 120 valence electrons. The Morgan fingerprint density at radius 3 is 2.81 bits per heavy atom. The molecule has 8 heteroatoms. The third kappa shape index (κ3) is 3.67. The zero-order chi connectivity index (χ0) is 15.6. The van der Waals surface area contributed by atoms with Gasteiger partial charge in [-0.05, 0) is 20.3 Å². The number of morpholine rings is 1. The summed E-state index contributed by atoms with van der Waals surface area (Å²) in [7, 11) is -3.56. The van der Waals surface area contributed by atoms with Crippen molar-refractivity contribution < 1.29 is 13.2 Å². The van der Waals surface area contributed by atoms with E-state index < -0.39 is 10.0 Å². The van der Waals surface area contributed by atoms with E-state index in [1.165, 1.54) is 4.31 Å². The Kier molecular flexibility index (Phi) is 5.45. The van der Waals surface area contributed by atoms with Gasteiger partial charge in [0.15, 0.2) is 5.03 Å². The van der Waals surface area contributed by atoms with E-state index in [-0.39, 0.29) is 17.2 Å². The lowest BCUT2D eigenvalue weighted by Crippen LogP contribution is -2.49. The summed E-state index contributed by atoms with van der Waals surface area (Å²) in [6.45, 7) is 7.27. The number of ether oxygens (including phenoxy) is 1. The van der Waals surface area contributed by atoms with E-state index in [0.717, 1.165) is 18.8 Å². The third-order valence-corrected chi connectivity index (χ3v) is 5.91. The van der Waals surface area contributed by atoms with E-state index in [4.69, 9.17) is 4.74 Å². The van der Waals surface area contributed by atoms with Crippen molar-refractivity contribution in [3.8, 4) is 0 Å². The van der Waals surface area contributed by atoms with Gasteiger partial charge in [-0.3, -0.25) is 0 Å². The molecular weight excluding hydrogens is 358 g/mol. The van der Waals surface area contributed by atoms with Crippen molar-refractivity contribution >= 4 is 26.0 Å². The molecule has 2 unspecified atom stereocenters. The molecule has 1 fully saturated rings. The van der Waals surface area contributed by atoms with E-state index in [2.05, 4.69) is 27.8 Å². The van der Waals surface area contributed by atoms with Crippen LogP contribution in [0.4, 0.5) is 0 Å². The van der Waals surface area contributed by atoms with Crippen molar-refractivity contribution in [2.24, 2.45) is 0 Å². The molecule has 0 amide bonds. The molecule has 1 aliphatic rings. The molecule has 2 rings (SSSR count). The van der Waals surface area contributed by atoms with Crippen molar-refractivity contribution in [2.45, 2.75) is 51.0 Å². The molecule has 6 nitrogen and oxygen atoms in total. The Hall–Kier alpha value is -0.440. The monoisotopic (exact) mass is 379 g/mol. The summed E-state index contributed by atoms with van der Waals surface area (Å²) in [6.07, 6.45) is 2.34. The highest BCUT2D eigenvalue weighted by atomic mass is 79.9. The van der Waals surface area contributed by atoms with Gasteiger partial charge in [0.05, 0.1) is 12.2 Å². The van der Waals surface area contributed by atoms with Crippen LogP contribution in [0.5, 0.6) is 0 Å². The van der Waals surface area contributed by atoms with Gasteiger partial charge in [-0.15, -0.1) is 0 Å². The SMILES string of the molecule is CCCn1cc(S(=O)(=O)N2CC(C)OC(CBr)C2)nc1C. The van der Waals surface area contributed by atoms with Gasteiger partial charge in [-0.25, -0.2) is 13.4 Å². The quantitative estimate of drug-likeness (QED) is 0.731. The van der Waals surface area contributed by atoms with Gasteiger partial charge in [-0.1, -0.05) is 22.9 Å². The largest absolute Gasteiger partial charge is 0.372 e. The smallest absolute Gasteiger partial charge is 0.262 e. The number of halogens is 1. The summed E-state index contributed by atoms with van der Waals surface area (Å²) < 4.78 is 34.5. The molecule has 1 saturated heterocycles. The van der Waals surface area contributed by atoms with E-state index in [1.54, 1.807) is 6.20 Å². The summed E-state index contributed by atoms with van der Waals surface area (Å²) in [4.78, 5) is 4.23. The minimum Gasteiger partial charge on any atom is -0.372 e. The normalized spacial score (nSPS) is 24.4. The number of hydrogen-bond donors (Lipinski definition) is 0. The van der Waals surface area contributed by atoms with Gasteiger partial charge in [0.1, 0.15) is 5.82 Å². The van der Waals surface area contributed by atoms with E-state index in [1.807, 2.05) is 18.4 Å². The Bertz CT molecular complexity index is 587. The number of aryl methyl sites for hydroxylation is 2. The van der Waals surface area contributed by atoms with Gasteiger partial charge in [-0.2, -0.15) is 4.31 Å². The van der Waals surface area contributed by atoms with Crippen LogP contribution < -0.4 is 0 Å². The lowest BCUT2D eigenvalue weighted by atomic mass is 10.3. The molecule has 0 radical (unpaired) electrons. The minimum atomic E-state index is -3.56. The number of imidazole rings is 1. The number of nitrogens with zero attached hydrogens (tertiary/aromatic N) is 3. The average Bonchev–Trinajstić information content (AvgIpc) is 2.80. The summed E-state index contributed by atoms with van der Waals surface area (Å²) in [6, 6.07) is 0. The Morgan fingerprint density at radius 1 is 1.48 bits per heavy atom. The van der Waals surface area contributed by atoms with Crippen LogP contribution in [0.15, 0.2) is 11.2 Å². The van der Waals surface area contributed by atoms with Crippen LogP contribution in [0, 0.1) is 6.92 Å². The second-order valence-corrected chi connectivity index (χ2v) is 7.90. The average molecular weight is 380 g/mol. The minimum absolute atomic E-state index is 0.116. The lowest BCUT2D eigenvalue weighted by molar-refractivity contribution is -0.0411. The zero-order valence-corrected chi connectivity index (χ0v) is 15.0. The third-order valence-electron chi connectivity index (χ3n) is 3.49. The highest BCUT2D eigenvalue weighted by molar-refractivity contribution is 9.09. The number of aromatic nitrogens is 2. The van der Waals surface area contributed by atoms with Crippen LogP contribution >= 0.6 is 15.9 Å². The molecule has 0 saturated carbocycles. The van der Waals surface area contributed by atoms with Crippen LogP contribution in [-0.4, -0.2) is 52.9 Å². The van der Waals surface area contributed by atoms with Crippen molar-refractivity contribution in [3.05, 3.63) is 12.0 Å². The zero-order valence-electron chi connectivity index (χ0n) is 12.6.